The van der Waals surface area contributed by atoms with Gasteiger partial charge >= 0.3 is 0 Å². The number of aryl methyl sites for hydroxylation is 2. The number of nitrogens with one attached hydrogen (secondary N) is 2. The fourth-order valence-electron chi connectivity index (χ4n) is 1.93. The van der Waals surface area contributed by atoms with Gasteiger partial charge in [-0.15, -0.1) is 0 Å². The molecule has 2 aromatic rings. The Morgan fingerprint density at radius 2 is 1.85 bits per heavy atom. The number of nitrogens with two attached hydrogens (primary N) is 1. The van der Waals surface area contributed by atoms with Crippen molar-refractivity contribution < 1.29 is 4.79 Å². The van der Waals surface area contributed by atoms with Gasteiger partial charge in [0.15, 0.2) is 0 Å². The van der Waals surface area contributed by atoms with E-state index in [9.17, 15) is 4.79 Å². The molecule has 2 rings (SSSR count). The zero-order chi connectivity index (χ0) is 14.7. The first kappa shape index (κ1) is 14.6. The normalized spacial score (nSPS) is 10.2. The second-order valence-electron chi connectivity index (χ2n) is 4.61. The lowest BCUT2D eigenvalue weighted by Gasteiger charge is -2.12. The topological polar surface area (TPSA) is 67.2 Å². The van der Waals surface area contributed by atoms with Crippen molar-refractivity contribution in [1.82, 2.24) is 0 Å². The van der Waals surface area contributed by atoms with Crippen LogP contribution in [0.3, 0.4) is 0 Å². The Kier molecular flexibility index (Phi) is 4.42. The molecule has 0 atom stereocenters. The molecule has 0 radical (unpaired) electrons. The first-order valence-electron chi connectivity index (χ1n) is 6.16. The van der Waals surface area contributed by atoms with Crippen LogP contribution in [-0.2, 0) is 0 Å². The third kappa shape index (κ3) is 3.18. The zero-order valence-electron chi connectivity index (χ0n) is 11.3. The minimum Gasteiger partial charge on any atom is -0.323 e. The molecular formula is C15H16BrN3O. The Hall–Kier alpha value is -1.85. The summed E-state index contributed by atoms with van der Waals surface area (Å²) in [6, 6.07) is 11.2. The van der Waals surface area contributed by atoms with Crippen molar-refractivity contribution in [2.75, 3.05) is 10.7 Å². The van der Waals surface area contributed by atoms with Crippen LogP contribution in [0.4, 0.5) is 11.4 Å². The molecule has 20 heavy (non-hydrogen) atoms. The quantitative estimate of drug-likeness (QED) is 0.593. The van der Waals surface area contributed by atoms with E-state index < -0.39 is 0 Å². The Morgan fingerprint density at radius 3 is 2.50 bits per heavy atom. The van der Waals surface area contributed by atoms with Crippen LogP contribution < -0.4 is 16.6 Å². The van der Waals surface area contributed by atoms with Gasteiger partial charge in [0.2, 0.25) is 0 Å². The first-order chi connectivity index (χ1) is 9.51. The van der Waals surface area contributed by atoms with E-state index in [2.05, 4.69) is 26.7 Å². The number of hydrogen-bond acceptors (Lipinski definition) is 3. The Morgan fingerprint density at radius 1 is 1.10 bits per heavy atom. The summed E-state index contributed by atoms with van der Waals surface area (Å²) >= 11 is 3.40. The standard InChI is InChI=1S/C15H16BrN3O/c1-9-3-5-12(14(7-9)19-17)15(20)18-13-6-4-11(16)8-10(13)2/h3-8,19H,17H2,1-2H3,(H,18,20). The summed E-state index contributed by atoms with van der Waals surface area (Å²) in [4.78, 5) is 12.3. The van der Waals surface area contributed by atoms with Gasteiger partial charge in [-0.3, -0.25) is 10.6 Å². The van der Waals surface area contributed by atoms with E-state index >= 15 is 0 Å². The van der Waals surface area contributed by atoms with E-state index in [1.807, 2.05) is 44.2 Å². The summed E-state index contributed by atoms with van der Waals surface area (Å²) in [5.74, 6) is 5.27. The third-order valence-electron chi connectivity index (χ3n) is 3.01. The van der Waals surface area contributed by atoms with Crippen LogP contribution in [0.25, 0.3) is 0 Å². The summed E-state index contributed by atoms with van der Waals surface area (Å²) < 4.78 is 0.979. The van der Waals surface area contributed by atoms with Crippen molar-refractivity contribution in [3.63, 3.8) is 0 Å². The molecule has 1 amide bonds. The number of anilines is 2. The Balaban J connectivity index is 2.28. The van der Waals surface area contributed by atoms with Crippen molar-refractivity contribution in [3.05, 3.63) is 57.6 Å². The Bertz CT molecular complexity index is 656. The van der Waals surface area contributed by atoms with Crippen molar-refractivity contribution in [1.29, 1.82) is 0 Å². The minimum atomic E-state index is -0.191. The molecule has 0 unspecified atom stereocenters. The maximum absolute atomic E-state index is 12.3. The Labute approximate surface area is 126 Å². The van der Waals surface area contributed by atoms with Crippen molar-refractivity contribution in [3.8, 4) is 0 Å². The van der Waals surface area contributed by atoms with Crippen molar-refractivity contribution in [2.24, 2.45) is 5.84 Å². The summed E-state index contributed by atoms with van der Waals surface area (Å²) in [5.41, 5.74) is 6.49. The van der Waals surface area contributed by atoms with Crippen LogP contribution in [0.15, 0.2) is 40.9 Å². The highest BCUT2D eigenvalue weighted by Crippen LogP contribution is 2.22. The number of nitrogen functional groups attached to an aromatic ring is 1. The molecule has 0 aliphatic carbocycles. The predicted octanol–water partition coefficient (Wildman–Crippen LogP) is 3.60. The molecule has 2 aromatic carbocycles. The molecule has 0 aliphatic heterocycles. The van der Waals surface area contributed by atoms with Gasteiger partial charge < -0.3 is 10.7 Å². The van der Waals surface area contributed by atoms with Gasteiger partial charge in [0.05, 0.1) is 11.3 Å². The molecular weight excluding hydrogens is 318 g/mol. The summed E-state index contributed by atoms with van der Waals surface area (Å²) in [7, 11) is 0. The number of carbonyl (C=O) groups excluding carboxylic acids is 1. The molecule has 0 aromatic heterocycles. The van der Waals surface area contributed by atoms with E-state index in [0.29, 0.717) is 11.3 Å². The minimum absolute atomic E-state index is 0.191. The molecule has 4 nitrogen and oxygen atoms in total. The number of carbonyl (C=O) groups is 1. The largest absolute Gasteiger partial charge is 0.323 e. The number of rotatable bonds is 3. The summed E-state index contributed by atoms with van der Waals surface area (Å²) in [6.07, 6.45) is 0. The number of hydrazine groups is 1. The van der Waals surface area contributed by atoms with Crippen LogP contribution in [0.2, 0.25) is 0 Å². The van der Waals surface area contributed by atoms with Crippen LogP contribution in [0.1, 0.15) is 21.5 Å². The molecule has 5 heteroatoms. The van der Waals surface area contributed by atoms with Gasteiger partial charge in [-0.05, 0) is 55.3 Å². The number of halogens is 1. The molecule has 0 fully saturated rings. The van der Waals surface area contributed by atoms with Crippen molar-refractivity contribution >= 4 is 33.2 Å². The van der Waals surface area contributed by atoms with Gasteiger partial charge in [0, 0.05) is 10.2 Å². The third-order valence-corrected chi connectivity index (χ3v) is 3.51. The zero-order valence-corrected chi connectivity index (χ0v) is 12.9. The van der Waals surface area contributed by atoms with Crippen LogP contribution >= 0.6 is 15.9 Å². The molecule has 0 saturated carbocycles. The monoisotopic (exact) mass is 333 g/mol. The first-order valence-corrected chi connectivity index (χ1v) is 6.95. The van der Waals surface area contributed by atoms with Gasteiger partial charge in [0.1, 0.15) is 0 Å². The second kappa shape index (κ2) is 6.07. The van der Waals surface area contributed by atoms with Crippen LogP contribution in [0.5, 0.6) is 0 Å². The molecule has 104 valence electrons. The van der Waals surface area contributed by atoms with Crippen LogP contribution in [0, 0.1) is 13.8 Å². The fraction of sp³-hybridized carbons (Fsp3) is 0.133. The predicted molar refractivity (Wildman–Crippen MR) is 85.8 cm³/mol. The van der Waals surface area contributed by atoms with E-state index in [-0.39, 0.29) is 5.91 Å². The molecule has 0 bridgehead atoms. The summed E-state index contributed by atoms with van der Waals surface area (Å²) in [5, 5.41) is 2.89. The van der Waals surface area contributed by atoms with E-state index in [4.69, 9.17) is 5.84 Å². The van der Waals surface area contributed by atoms with Gasteiger partial charge in [0.25, 0.3) is 5.91 Å². The van der Waals surface area contributed by atoms with E-state index in [1.54, 1.807) is 6.07 Å². The van der Waals surface area contributed by atoms with Gasteiger partial charge in [-0.1, -0.05) is 22.0 Å². The van der Waals surface area contributed by atoms with Gasteiger partial charge in [-0.25, -0.2) is 0 Å². The SMILES string of the molecule is Cc1ccc(C(=O)Nc2ccc(Br)cc2C)c(NN)c1. The molecule has 0 aliphatic rings. The lowest BCUT2D eigenvalue weighted by atomic mass is 10.1. The molecule has 0 spiro atoms. The van der Waals surface area contributed by atoms with E-state index in [1.165, 1.54) is 0 Å². The van der Waals surface area contributed by atoms with Crippen molar-refractivity contribution in [2.45, 2.75) is 13.8 Å². The highest BCUT2D eigenvalue weighted by Gasteiger charge is 2.12. The number of hydrogen-bond donors (Lipinski definition) is 3. The van der Waals surface area contributed by atoms with Gasteiger partial charge in [-0.2, -0.15) is 0 Å². The average Bonchev–Trinajstić information content (AvgIpc) is 2.41. The number of amides is 1. The maximum atomic E-state index is 12.3. The highest BCUT2D eigenvalue weighted by atomic mass is 79.9. The molecule has 0 heterocycles. The lowest BCUT2D eigenvalue weighted by Crippen LogP contribution is -2.17. The average molecular weight is 334 g/mol. The lowest BCUT2D eigenvalue weighted by molar-refractivity contribution is 0.102. The summed E-state index contributed by atoms with van der Waals surface area (Å²) in [6.45, 7) is 3.89. The fourth-order valence-corrected chi connectivity index (χ4v) is 2.41. The smallest absolute Gasteiger partial charge is 0.257 e. The van der Waals surface area contributed by atoms with E-state index in [0.717, 1.165) is 21.3 Å². The molecule has 4 N–H and O–H groups in total. The maximum Gasteiger partial charge on any atom is 0.257 e. The highest BCUT2D eigenvalue weighted by molar-refractivity contribution is 9.10. The number of benzene rings is 2. The molecule has 0 saturated heterocycles. The second-order valence-corrected chi connectivity index (χ2v) is 5.52. The van der Waals surface area contributed by atoms with Crippen LogP contribution in [-0.4, -0.2) is 5.91 Å².